The van der Waals surface area contributed by atoms with E-state index in [1.807, 2.05) is 27.9 Å². The first kappa shape index (κ1) is 17.9. The number of anilines is 1. The Hall–Kier alpha value is -1.18. The molecule has 0 atom stereocenters. The van der Waals surface area contributed by atoms with Crippen LogP contribution in [0.25, 0.3) is 0 Å². The van der Waals surface area contributed by atoms with Crippen LogP contribution in [0.4, 0.5) is 5.69 Å². The van der Waals surface area contributed by atoms with Gasteiger partial charge in [-0.05, 0) is 40.1 Å². The highest BCUT2D eigenvalue weighted by molar-refractivity contribution is 7.89. The molecule has 1 rings (SSSR count). The summed E-state index contributed by atoms with van der Waals surface area (Å²) in [6.07, 6.45) is 3.82. The molecule has 0 aliphatic rings. The van der Waals surface area contributed by atoms with Crippen molar-refractivity contribution in [3.8, 4) is 0 Å². The highest BCUT2D eigenvalue weighted by atomic mass is 32.2. The van der Waals surface area contributed by atoms with Crippen molar-refractivity contribution in [2.24, 2.45) is 0 Å². The van der Waals surface area contributed by atoms with Gasteiger partial charge in [0.05, 0.1) is 5.69 Å². The third-order valence-electron chi connectivity index (χ3n) is 3.14. The van der Waals surface area contributed by atoms with Gasteiger partial charge in [0.2, 0.25) is 10.0 Å². The molecule has 120 valence electrons. The van der Waals surface area contributed by atoms with Crippen LogP contribution in [-0.4, -0.2) is 62.9 Å². The summed E-state index contributed by atoms with van der Waals surface area (Å²) < 4.78 is 27.0. The van der Waals surface area contributed by atoms with Crippen LogP contribution in [-0.2, 0) is 10.0 Å². The predicted octanol–water partition coefficient (Wildman–Crippen LogP) is 1.48. The molecule has 21 heavy (non-hydrogen) atoms. The Balaban J connectivity index is 2.96. The zero-order chi connectivity index (χ0) is 15.9. The van der Waals surface area contributed by atoms with Gasteiger partial charge in [-0.1, -0.05) is 6.92 Å². The van der Waals surface area contributed by atoms with E-state index in [-0.39, 0.29) is 4.90 Å². The van der Waals surface area contributed by atoms with E-state index in [1.54, 1.807) is 12.3 Å². The third kappa shape index (κ3) is 4.94. The molecule has 0 amide bonds. The maximum absolute atomic E-state index is 12.8. The number of nitrogens with zero attached hydrogens (tertiary/aromatic N) is 3. The van der Waals surface area contributed by atoms with E-state index < -0.39 is 10.0 Å². The van der Waals surface area contributed by atoms with Crippen molar-refractivity contribution in [2.45, 2.75) is 25.2 Å². The normalized spacial score (nSPS) is 12.1. The summed E-state index contributed by atoms with van der Waals surface area (Å²) in [6, 6.07) is 1.70. The molecular formula is C14H26N4O2S. The van der Waals surface area contributed by atoms with Crippen LogP contribution in [0.3, 0.4) is 0 Å². The van der Waals surface area contributed by atoms with Gasteiger partial charge in [0, 0.05) is 32.0 Å². The van der Waals surface area contributed by atoms with Gasteiger partial charge in [-0.15, -0.1) is 0 Å². The number of nitrogens with one attached hydrogen (secondary N) is 1. The summed E-state index contributed by atoms with van der Waals surface area (Å²) in [7, 11) is 0.451. The van der Waals surface area contributed by atoms with Crippen molar-refractivity contribution >= 4 is 15.7 Å². The maximum Gasteiger partial charge on any atom is 0.246 e. The fraction of sp³-hybridized carbons (Fsp3) is 0.643. The summed E-state index contributed by atoms with van der Waals surface area (Å²) in [5, 5.41) is 3.08. The third-order valence-corrected chi connectivity index (χ3v) is 5.14. The molecule has 0 saturated heterocycles. The molecule has 0 bridgehead atoms. The van der Waals surface area contributed by atoms with E-state index in [9.17, 15) is 8.42 Å². The number of pyridine rings is 1. The summed E-state index contributed by atoms with van der Waals surface area (Å²) in [6.45, 7) is 6.29. The number of aromatic nitrogens is 1. The number of rotatable bonds is 9. The second-order valence-corrected chi connectivity index (χ2v) is 6.96. The standard InChI is InChI=1S/C14H26N4O2S/c1-5-16-13-8-9-15-12-14(13)21(19,20)18(6-2)11-7-10-17(3)4/h8-9,12H,5-7,10-11H2,1-4H3,(H,15,16). The largest absolute Gasteiger partial charge is 0.384 e. The van der Waals surface area contributed by atoms with Gasteiger partial charge in [-0.25, -0.2) is 8.42 Å². The fourth-order valence-electron chi connectivity index (χ4n) is 2.07. The lowest BCUT2D eigenvalue weighted by atomic mass is 10.4. The Morgan fingerprint density at radius 1 is 1.24 bits per heavy atom. The quantitative estimate of drug-likeness (QED) is 0.748. The molecule has 6 nitrogen and oxygen atoms in total. The van der Waals surface area contributed by atoms with Crippen molar-refractivity contribution in [3.63, 3.8) is 0 Å². The molecule has 7 heteroatoms. The van der Waals surface area contributed by atoms with Crippen LogP contribution in [0.5, 0.6) is 0 Å². The van der Waals surface area contributed by atoms with E-state index in [1.165, 1.54) is 10.5 Å². The zero-order valence-electron chi connectivity index (χ0n) is 13.3. The van der Waals surface area contributed by atoms with Crippen molar-refractivity contribution in [1.82, 2.24) is 14.2 Å². The first-order chi connectivity index (χ1) is 9.93. The lowest BCUT2D eigenvalue weighted by molar-refractivity contribution is 0.356. The molecule has 0 unspecified atom stereocenters. The Kier molecular flexibility index (Phi) is 7.07. The fourth-order valence-corrected chi connectivity index (χ4v) is 3.67. The van der Waals surface area contributed by atoms with E-state index >= 15 is 0 Å². The topological polar surface area (TPSA) is 65.5 Å². The molecule has 0 aliphatic heterocycles. The Morgan fingerprint density at radius 2 is 1.95 bits per heavy atom. The van der Waals surface area contributed by atoms with E-state index in [0.29, 0.717) is 25.3 Å². The second-order valence-electron chi connectivity index (χ2n) is 5.06. The lowest BCUT2D eigenvalue weighted by Gasteiger charge is -2.22. The first-order valence-electron chi connectivity index (χ1n) is 7.26. The van der Waals surface area contributed by atoms with Gasteiger partial charge in [0.1, 0.15) is 4.90 Å². The van der Waals surface area contributed by atoms with Gasteiger partial charge in [0.15, 0.2) is 0 Å². The summed E-state index contributed by atoms with van der Waals surface area (Å²) in [5.74, 6) is 0. The maximum atomic E-state index is 12.8. The van der Waals surface area contributed by atoms with Gasteiger partial charge >= 0.3 is 0 Å². The molecular weight excluding hydrogens is 288 g/mol. The van der Waals surface area contributed by atoms with E-state index in [4.69, 9.17) is 0 Å². The van der Waals surface area contributed by atoms with Crippen molar-refractivity contribution in [2.75, 3.05) is 45.6 Å². The zero-order valence-corrected chi connectivity index (χ0v) is 14.2. The van der Waals surface area contributed by atoms with Gasteiger partial charge in [-0.3, -0.25) is 4.98 Å². The van der Waals surface area contributed by atoms with Crippen molar-refractivity contribution in [1.29, 1.82) is 0 Å². The highest BCUT2D eigenvalue weighted by Crippen LogP contribution is 2.23. The van der Waals surface area contributed by atoms with Crippen LogP contribution in [0, 0.1) is 0 Å². The molecule has 0 saturated carbocycles. The highest BCUT2D eigenvalue weighted by Gasteiger charge is 2.25. The van der Waals surface area contributed by atoms with Crippen LogP contribution in [0.15, 0.2) is 23.4 Å². The van der Waals surface area contributed by atoms with Crippen LogP contribution in [0.1, 0.15) is 20.3 Å². The first-order valence-corrected chi connectivity index (χ1v) is 8.70. The summed E-state index contributed by atoms with van der Waals surface area (Å²) in [4.78, 5) is 6.26. The molecule has 0 spiro atoms. The van der Waals surface area contributed by atoms with E-state index in [2.05, 4.69) is 15.2 Å². The minimum absolute atomic E-state index is 0.249. The Labute approximate surface area is 128 Å². The van der Waals surface area contributed by atoms with Gasteiger partial charge in [0.25, 0.3) is 0 Å². The Bertz CT molecular complexity index is 532. The minimum atomic E-state index is -3.51. The van der Waals surface area contributed by atoms with Crippen LogP contribution in [0.2, 0.25) is 0 Å². The molecule has 1 heterocycles. The molecule has 1 aromatic rings. The second kappa shape index (κ2) is 8.31. The molecule has 1 aromatic heterocycles. The number of hydrogen-bond donors (Lipinski definition) is 1. The lowest BCUT2D eigenvalue weighted by Crippen LogP contribution is -2.33. The van der Waals surface area contributed by atoms with Crippen molar-refractivity contribution < 1.29 is 8.42 Å². The number of hydrogen-bond acceptors (Lipinski definition) is 5. The summed E-state index contributed by atoms with van der Waals surface area (Å²) >= 11 is 0. The molecule has 0 aliphatic carbocycles. The average molecular weight is 314 g/mol. The van der Waals surface area contributed by atoms with Crippen molar-refractivity contribution in [3.05, 3.63) is 18.5 Å². The summed E-state index contributed by atoms with van der Waals surface area (Å²) in [5.41, 5.74) is 0.610. The van der Waals surface area contributed by atoms with Gasteiger partial charge < -0.3 is 10.2 Å². The van der Waals surface area contributed by atoms with Crippen LogP contribution >= 0.6 is 0 Å². The monoisotopic (exact) mass is 314 g/mol. The van der Waals surface area contributed by atoms with Gasteiger partial charge in [-0.2, -0.15) is 4.31 Å². The molecule has 0 radical (unpaired) electrons. The van der Waals surface area contributed by atoms with Crippen LogP contribution < -0.4 is 5.32 Å². The minimum Gasteiger partial charge on any atom is -0.384 e. The molecule has 0 fully saturated rings. The number of sulfonamides is 1. The molecule has 0 aromatic carbocycles. The average Bonchev–Trinajstić information content (AvgIpc) is 2.44. The predicted molar refractivity (Wildman–Crippen MR) is 86.0 cm³/mol. The molecule has 1 N–H and O–H groups in total. The van der Waals surface area contributed by atoms with E-state index in [0.717, 1.165) is 13.0 Å². The SMILES string of the molecule is CCNc1ccncc1S(=O)(=O)N(CC)CCCN(C)C. The Morgan fingerprint density at radius 3 is 2.52 bits per heavy atom. The smallest absolute Gasteiger partial charge is 0.246 e.